The maximum atomic E-state index is 5.37. The lowest BCUT2D eigenvalue weighted by molar-refractivity contribution is 1.44. The number of rotatable bonds is 1. The van der Waals surface area contributed by atoms with Crippen LogP contribution in [0.3, 0.4) is 0 Å². The molecule has 0 aliphatic carbocycles. The zero-order chi connectivity index (χ0) is 9.97. The normalized spacial score (nSPS) is 9.71. The Balaban J connectivity index is 2.49. The van der Waals surface area contributed by atoms with E-state index in [1.54, 1.807) is 11.3 Å². The smallest absolute Gasteiger partial charge is 0.0272 e. The second-order valence-electron chi connectivity index (χ2n) is 3.19. The predicted octanol–water partition coefficient (Wildman–Crippen LogP) is 3.70. The minimum Gasteiger partial charge on any atom is -0.152 e. The molecular formula is C13H10S. The molecule has 0 N–H and O–H groups in total. The first kappa shape index (κ1) is 9.05. The third kappa shape index (κ3) is 1.57. The van der Waals surface area contributed by atoms with Crippen molar-refractivity contribution in [1.82, 2.24) is 0 Å². The van der Waals surface area contributed by atoms with Crippen molar-refractivity contribution in [2.24, 2.45) is 0 Å². The highest BCUT2D eigenvalue weighted by atomic mass is 32.1. The highest BCUT2D eigenvalue weighted by Gasteiger charge is 2.00. The summed E-state index contributed by atoms with van der Waals surface area (Å²) in [7, 11) is 0. The van der Waals surface area contributed by atoms with E-state index in [1.165, 1.54) is 11.1 Å². The molecule has 0 aliphatic rings. The summed E-state index contributed by atoms with van der Waals surface area (Å²) < 4.78 is 0. The third-order valence-corrected chi connectivity index (χ3v) is 2.92. The molecule has 0 spiro atoms. The van der Waals surface area contributed by atoms with E-state index in [0.29, 0.717) is 0 Å². The fourth-order valence-corrected chi connectivity index (χ4v) is 2.10. The first-order chi connectivity index (χ1) is 6.81. The van der Waals surface area contributed by atoms with Crippen molar-refractivity contribution in [3.8, 4) is 23.5 Å². The molecule has 0 unspecified atom stereocenters. The molecule has 0 saturated heterocycles. The first-order valence-corrected chi connectivity index (χ1v) is 5.35. The Kier molecular flexibility index (Phi) is 2.39. The molecule has 14 heavy (non-hydrogen) atoms. The molecule has 0 nitrogen and oxygen atoms in total. The first-order valence-electron chi connectivity index (χ1n) is 4.41. The van der Waals surface area contributed by atoms with Crippen LogP contribution in [0, 0.1) is 19.3 Å². The third-order valence-electron chi connectivity index (χ3n) is 2.24. The summed E-state index contributed by atoms with van der Waals surface area (Å²) in [6, 6.07) is 8.33. The maximum Gasteiger partial charge on any atom is 0.0272 e. The molecule has 1 heteroatoms. The molecule has 0 bridgehead atoms. The number of hydrogen-bond acceptors (Lipinski definition) is 1. The van der Waals surface area contributed by atoms with Crippen molar-refractivity contribution >= 4 is 11.3 Å². The van der Waals surface area contributed by atoms with E-state index >= 15 is 0 Å². The van der Waals surface area contributed by atoms with E-state index in [1.807, 2.05) is 13.0 Å². The SMILES string of the molecule is C#Cc1ccc(-c2ccsc2)cc1C. The summed E-state index contributed by atoms with van der Waals surface area (Å²) in [6.07, 6.45) is 5.37. The minimum absolute atomic E-state index is 0.976. The van der Waals surface area contributed by atoms with Gasteiger partial charge in [0.1, 0.15) is 0 Å². The molecule has 68 valence electrons. The van der Waals surface area contributed by atoms with Crippen molar-refractivity contribution in [3.63, 3.8) is 0 Å². The fraction of sp³-hybridized carbons (Fsp3) is 0.0769. The lowest BCUT2D eigenvalue weighted by Crippen LogP contribution is -1.82. The number of hydrogen-bond donors (Lipinski definition) is 0. The van der Waals surface area contributed by atoms with Crippen LogP contribution in [0.1, 0.15) is 11.1 Å². The van der Waals surface area contributed by atoms with Crippen molar-refractivity contribution in [2.75, 3.05) is 0 Å². The lowest BCUT2D eigenvalue weighted by atomic mass is 10.0. The van der Waals surface area contributed by atoms with E-state index in [0.717, 1.165) is 11.1 Å². The van der Waals surface area contributed by atoms with Crippen LogP contribution in [0.5, 0.6) is 0 Å². The summed E-state index contributed by atoms with van der Waals surface area (Å²) in [5.74, 6) is 2.67. The van der Waals surface area contributed by atoms with Crippen LogP contribution in [-0.4, -0.2) is 0 Å². The summed E-state index contributed by atoms with van der Waals surface area (Å²) in [6.45, 7) is 2.05. The van der Waals surface area contributed by atoms with Crippen LogP contribution in [-0.2, 0) is 0 Å². The zero-order valence-electron chi connectivity index (χ0n) is 7.95. The number of aryl methyl sites for hydroxylation is 1. The van der Waals surface area contributed by atoms with Gasteiger partial charge in [0, 0.05) is 5.56 Å². The number of thiophene rings is 1. The molecule has 2 rings (SSSR count). The van der Waals surface area contributed by atoms with E-state index in [2.05, 4.69) is 34.9 Å². The lowest BCUT2D eigenvalue weighted by Gasteiger charge is -2.02. The number of terminal acetylenes is 1. The zero-order valence-corrected chi connectivity index (χ0v) is 8.77. The topological polar surface area (TPSA) is 0 Å². The van der Waals surface area contributed by atoms with Crippen LogP contribution in [0.15, 0.2) is 35.0 Å². The molecule has 1 aromatic carbocycles. The Morgan fingerprint density at radius 1 is 1.21 bits per heavy atom. The molecule has 0 saturated carbocycles. The summed E-state index contributed by atoms with van der Waals surface area (Å²) in [5, 5.41) is 4.23. The second kappa shape index (κ2) is 3.69. The summed E-state index contributed by atoms with van der Waals surface area (Å²) >= 11 is 1.71. The average Bonchev–Trinajstić information content (AvgIpc) is 2.70. The van der Waals surface area contributed by atoms with Gasteiger partial charge in [-0.05, 0) is 46.5 Å². The van der Waals surface area contributed by atoms with Gasteiger partial charge in [-0.3, -0.25) is 0 Å². The van der Waals surface area contributed by atoms with Crippen LogP contribution in [0.25, 0.3) is 11.1 Å². The van der Waals surface area contributed by atoms with Crippen molar-refractivity contribution in [1.29, 1.82) is 0 Å². The van der Waals surface area contributed by atoms with Gasteiger partial charge in [0.25, 0.3) is 0 Å². The van der Waals surface area contributed by atoms with E-state index in [-0.39, 0.29) is 0 Å². The van der Waals surface area contributed by atoms with E-state index < -0.39 is 0 Å². The van der Waals surface area contributed by atoms with Crippen molar-refractivity contribution in [3.05, 3.63) is 46.2 Å². The Bertz CT molecular complexity index is 472. The molecule has 1 aromatic heterocycles. The van der Waals surface area contributed by atoms with E-state index in [9.17, 15) is 0 Å². The maximum absolute atomic E-state index is 5.37. The largest absolute Gasteiger partial charge is 0.152 e. The predicted molar refractivity (Wildman–Crippen MR) is 62.4 cm³/mol. The van der Waals surface area contributed by atoms with Gasteiger partial charge < -0.3 is 0 Å². The fourth-order valence-electron chi connectivity index (χ4n) is 1.43. The quantitative estimate of drug-likeness (QED) is 0.613. The van der Waals surface area contributed by atoms with Crippen LogP contribution in [0.4, 0.5) is 0 Å². The van der Waals surface area contributed by atoms with Gasteiger partial charge in [-0.15, -0.1) is 6.42 Å². The Morgan fingerprint density at radius 2 is 2.07 bits per heavy atom. The van der Waals surface area contributed by atoms with Gasteiger partial charge in [0.05, 0.1) is 0 Å². The molecule has 2 aromatic rings. The van der Waals surface area contributed by atoms with Gasteiger partial charge in [-0.25, -0.2) is 0 Å². The van der Waals surface area contributed by atoms with Crippen LogP contribution in [0.2, 0.25) is 0 Å². The Hall–Kier alpha value is -1.52. The monoisotopic (exact) mass is 198 g/mol. The van der Waals surface area contributed by atoms with Crippen LogP contribution < -0.4 is 0 Å². The molecule has 1 heterocycles. The molecule has 0 fully saturated rings. The van der Waals surface area contributed by atoms with E-state index in [4.69, 9.17) is 6.42 Å². The summed E-state index contributed by atoms with van der Waals surface area (Å²) in [5.41, 5.74) is 4.64. The minimum atomic E-state index is 0.976. The molecular weight excluding hydrogens is 188 g/mol. The highest BCUT2D eigenvalue weighted by molar-refractivity contribution is 7.08. The van der Waals surface area contributed by atoms with Crippen molar-refractivity contribution in [2.45, 2.75) is 6.92 Å². The van der Waals surface area contributed by atoms with Gasteiger partial charge in [-0.1, -0.05) is 18.1 Å². The van der Waals surface area contributed by atoms with Gasteiger partial charge in [0.2, 0.25) is 0 Å². The van der Waals surface area contributed by atoms with Gasteiger partial charge in [0.15, 0.2) is 0 Å². The molecule has 0 amide bonds. The second-order valence-corrected chi connectivity index (χ2v) is 3.97. The van der Waals surface area contributed by atoms with Crippen LogP contribution >= 0.6 is 11.3 Å². The Morgan fingerprint density at radius 3 is 2.64 bits per heavy atom. The molecule has 0 aliphatic heterocycles. The molecule has 0 atom stereocenters. The van der Waals surface area contributed by atoms with Gasteiger partial charge >= 0.3 is 0 Å². The summed E-state index contributed by atoms with van der Waals surface area (Å²) in [4.78, 5) is 0. The molecule has 0 radical (unpaired) electrons. The van der Waals surface area contributed by atoms with Crippen molar-refractivity contribution < 1.29 is 0 Å². The van der Waals surface area contributed by atoms with Gasteiger partial charge in [-0.2, -0.15) is 11.3 Å². The average molecular weight is 198 g/mol. The highest BCUT2D eigenvalue weighted by Crippen LogP contribution is 2.23. The standard InChI is InChI=1S/C13H10S/c1-3-11-4-5-12(8-10(11)2)13-6-7-14-9-13/h1,4-9H,2H3. The Labute approximate surface area is 88.2 Å². The number of benzene rings is 1.